The minimum absolute atomic E-state index is 0.0137. The van der Waals surface area contributed by atoms with Crippen LogP contribution in [0.25, 0.3) is 0 Å². The second-order valence-corrected chi connectivity index (χ2v) is 15.8. The molecule has 3 atom stereocenters. The van der Waals surface area contributed by atoms with Crippen molar-refractivity contribution in [1.29, 1.82) is 0 Å². The molecule has 1 unspecified atom stereocenters. The number of carbonyl (C=O) groups excluding carboxylic acids is 4. The SMILES string of the molecule is Cc1ccc(S(=O)(=O)CNC(=O)C(=O)[C@H](Cc2ccccc2)NC(=O)[C@@H](NC(=O)CCCCC2CCSS2)C(C)C)cc1. The quantitative estimate of drug-likeness (QED) is 0.141. The van der Waals surface area contributed by atoms with Crippen molar-refractivity contribution >= 4 is 54.9 Å². The van der Waals surface area contributed by atoms with Gasteiger partial charge in [0.1, 0.15) is 18.0 Å². The molecule has 1 aliphatic rings. The highest BCUT2D eigenvalue weighted by atomic mass is 33.1. The lowest BCUT2D eigenvalue weighted by molar-refractivity contribution is -0.140. The van der Waals surface area contributed by atoms with Gasteiger partial charge in [0.25, 0.3) is 5.91 Å². The smallest absolute Gasteiger partial charge is 0.290 e. The molecule has 2 aromatic carbocycles. The fourth-order valence-electron chi connectivity index (χ4n) is 4.56. The number of amides is 3. The number of hydrogen-bond acceptors (Lipinski definition) is 8. The second-order valence-electron chi connectivity index (χ2n) is 11.1. The summed E-state index contributed by atoms with van der Waals surface area (Å²) in [5.74, 6) is -2.81. The third kappa shape index (κ3) is 11.3. The van der Waals surface area contributed by atoms with Crippen LogP contribution in [0, 0.1) is 12.8 Å². The van der Waals surface area contributed by atoms with E-state index in [1.807, 2.05) is 28.5 Å². The van der Waals surface area contributed by atoms with Gasteiger partial charge >= 0.3 is 0 Å². The number of carbonyl (C=O) groups is 4. The van der Waals surface area contributed by atoms with Crippen LogP contribution >= 0.6 is 21.6 Å². The molecular weight excluding hydrogens is 607 g/mol. The number of ketones is 1. The van der Waals surface area contributed by atoms with E-state index in [1.165, 1.54) is 24.3 Å². The van der Waals surface area contributed by atoms with Crippen molar-refractivity contribution in [3.8, 4) is 0 Å². The first-order valence-corrected chi connectivity index (χ1v) is 18.5. The molecule has 1 aliphatic heterocycles. The average molecular weight is 648 g/mol. The van der Waals surface area contributed by atoms with Crippen molar-refractivity contribution in [1.82, 2.24) is 16.0 Å². The summed E-state index contributed by atoms with van der Waals surface area (Å²) in [5, 5.41) is 8.30. The molecule has 1 heterocycles. The molecule has 3 rings (SSSR count). The van der Waals surface area contributed by atoms with E-state index in [9.17, 15) is 27.6 Å². The Balaban J connectivity index is 1.63. The van der Waals surface area contributed by atoms with Gasteiger partial charge in [0.15, 0.2) is 9.84 Å². The minimum Gasteiger partial charge on any atom is -0.344 e. The normalized spacial score (nSPS) is 16.3. The second kappa shape index (κ2) is 16.9. The van der Waals surface area contributed by atoms with E-state index in [0.717, 1.165) is 24.8 Å². The monoisotopic (exact) mass is 647 g/mol. The van der Waals surface area contributed by atoms with Gasteiger partial charge in [0, 0.05) is 23.8 Å². The van der Waals surface area contributed by atoms with Crippen molar-refractivity contribution in [3.05, 3.63) is 65.7 Å². The van der Waals surface area contributed by atoms with Crippen molar-refractivity contribution in [2.24, 2.45) is 5.92 Å². The molecule has 0 spiro atoms. The minimum atomic E-state index is -3.89. The van der Waals surface area contributed by atoms with Crippen molar-refractivity contribution < 1.29 is 27.6 Å². The summed E-state index contributed by atoms with van der Waals surface area (Å²) in [4.78, 5) is 52.2. The molecule has 1 fully saturated rings. The summed E-state index contributed by atoms with van der Waals surface area (Å²) in [7, 11) is -0.0863. The molecule has 0 radical (unpaired) electrons. The lowest BCUT2D eigenvalue weighted by atomic mass is 9.99. The Bertz CT molecular complexity index is 1340. The van der Waals surface area contributed by atoms with Gasteiger partial charge < -0.3 is 16.0 Å². The third-order valence-corrected chi connectivity index (χ3v) is 11.6. The zero-order chi connectivity index (χ0) is 31.4. The van der Waals surface area contributed by atoms with Gasteiger partial charge in [0.2, 0.25) is 17.6 Å². The maximum absolute atomic E-state index is 13.4. The maximum atomic E-state index is 13.4. The van der Waals surface area contributed by atoms with Crippen molar-refractivity contribution in [2.75, 3.05) is 11.6 Å². The molecule has 234 valence electrons. The standard InChI is InChI=1S/C31H41N3O6S3/c1-21(2)28(34-27(35)12-8-7-11-24-17-18-41-42-24)30(37)33-26(19-23-9-5-4-6-10-23)29(36)31(38)32-20-43(39,40)25-15-13-22(3)14-16-25/h4-6,9-10,13-16,21,24,26,28H,7-8,11-12,17-20H2,1-3H3,(H,32,38)(H,33,37)(H,34,35)/t24?,26-,28-/m0/s1. The number of rotatable bonds is 16. The number of hydrogen-bond donors (Lipinski definition) is 3. The Morgan fingerprint density at radius 1 is 0.953 bits per heavy atom. The van der Waals surface area contributed by atoms with Crippen LogP contribution in [0.4, 0.5) is 0 Å². The highest BCUT2D eigenvalue weighted by molar-refractivity contribution is 8.77. The Morgan fingerprint density at radius 3 is 2.28 bits per heavy atom. The maximum Gasteiger partial charge on any atom is 0.290 e. The van der Waals surface area contributed by atoms with E-state index in [1.54, 1.807) is 56.3 Å². The van der Waals surface area contributed by atoms with Gasteiger partial charge in [-0.1, -0.05) is 89.9 Å². The van der Waals surface area contributed by atoms with Crippen LogP contribution in [0.5, 0.6) is 0 Å². The molecule has 2 aromatic rings. The van der Waals surface area contributed by atoms with Crippen LogP contribution < -0.4 is 16.0 Å². The van der Waals surface area contributed by atoms with Crippen LogP contribution in [0.3, 0.4) is 0 Å². The Kier molecular flexibility index (Phi) is 13.6. The van der Waals surface area contributed by atoms with E-state index in [4.69, 9.17) is 0 Å². The van der Waals surface area contributed by atoms with Gasteiger partial charge in [-0.15, -0.1) is 0 Å². The Hall–Kier alpha value is -2.83. The number of nitrogens with one attached hydrogen (secondary N) is 3. The molecule has 0 bridgehead atoms. The zero-order valence-electron chi connectivity index (χ0n) is 24.8. The molecule has 0 saturated carbocycles. The predicted molar refractivity (Wildman–Crippen MR) is 172 cm³/mol. The predicted octanol–water partition coefficient (Wildman–Crippen LogP) is 3.99. The van der Waals surface area contributed by atoms with Crippen LogP contribution in [-0.2, 0) is 35.4 Å². The number of aryl methyl sites for hydroxylation is 1. The van der Waals surface area contributed by atoms with Gasteiger partial charge in [-0.2, -0.15) is 0 Å². The van der Waals surface area contributed by atoms with Gasteiger partial charge in [-0.3, -0.25) is 19.2 Å². The average Bonchev–Trinajstić information content (AvgIpc) is 3.50. The number of Topliss-reactive ketones (excluding diaryl/α,β-unsaturated/α-hetero) is 1. The summed E-state index contributed by atoms with van der Waals surface area (Å²) >= 11 is 0. The van der Waals surface area contributed by atoms with Crippen molar-refractivity contribution in [2.45, 2.75) is 81.5 Å². The third-order valence-electron chi connectivity index (χ3n) is 7.12. The highest BCUT2D eigenvalue weighted by Crippen LogP contribution is 2.39. The van der Waals surface area contributed by atoms with E-state index in [-0.39, 0.29) is 23.1 Å². The summed E-state index contributed by atoms with van der Waals surface area (Å²) in [6.07, 6.45) is 4.23. The van der Waals surface area contributed by atoms with Gasteiger partial charge in [-0.25, -0.2) is 8.42 Å². The number of benzene rings is 2. The molecule has 43 heavy (non-hydrogen) atoms. The Labute approximate surface area is 262 Å². The molecule has 9 nitrogen and oxygen atoms in total. The fraction of sp³-hybridized carbons (Fsp3) is 0.484. The molecule has 1 saturated heterocycles. The van der Waals surface area contributed by atoms with Gasteiger partial charge in [0.05, 0.1) is 4.90 Å². The first kappa shape index (κ1) is 34.7. The van der Waals surface area contributed by atoms with Crippen molar-refractivity contribution in [3.63, 3.8) is 0 Å². The van der Waals surface area contributed by atoms with Crippen LogP contribution in [0.1, 0.15) is 57.1 Å². The summed E-state index contributed by atoms with van der Waals surface area (Å²) < 4.78 is 25.4. The lowest BCUT2D eigenvalue weighted by Crippen LogP contribution is -2.56. The van der Waals surface area contributed by atoms with Crippen LogP contribution in [0.2, 0.25) is 0 Å². The lowest BCUT2D eigenvalue weighted by Gasteiger charge is -2.25. The molecule has 12 heteroatoms. The number of sulfone groups is 1. The number of unbranched alkanes of at least 4 members (excludes halogenated alkanes) is 1. The van der Waals surface area contributed by atoms with E-state index >= 15 is 0 Å². The van der Waals surface area contributed by atoms with Gasteiger partial charge in [-0.05, 0) is 49.8 Å². The molecular formula is C31H41N3O6S3. The van der Waals surface area contributed by atoms with E-state index in [2.05, 4.69) is 16.0 Å². The van der Waals surface area contributed by atoms with E-state index < -0.39 is 45.4 Å². The zero-order valence-corrected chi connectivity index (χ0v) is 27.3. The molecule has 0 aliphatic carbocycles. The van der Waals surface area contributed by atoms with Crippen LogP contribution in [-0.4, -0.2) is 60.9 Å². The molecule has 3 amide bonds. The molecule has 0 aromatic heterocycles. The largest absolute Gasteiger partial charge is 0.344 e. The summed E-state index contributed by atoms with van der Waals surface area (Å²) in [6.45, 7) is 5.40. The van der Waals surface area contributed by atoms with E-state index in [0.29, 0.717) is 17.2 Å². The Morgan fingerprint density at radius 2 is 1.65 bits per heavy atom. The van der Waals surface area contributed by atoms with Crippen LogP contribution in [0.15, 0.2) is 59.5 Å². The molecule has 3 N–H and O–H groups in total. The summed E-state index contributed by atoms with van der Waals surface area (Å²) in [6, 6.07) is 12.8. The topological polar surface area (TPSA) is 139 Å². The first-order chi connectivity index (χ1) is 20.5. The summed E-state index contributed by atoms with van der Waals surface area (Å²) in [5.41, 5.74) is 1.58. The fourth-order valence-corrected chi connectivity index (χ4v) is 8.62. The highest BCUT2D eigenvalue weighted by Gasteiger charge is 2.32. The first-order valence-electron chi connectivity index (χ1n) is 14.5.